The monoisotopic (exact) mass is 681 g/mol. The van der Waals surface area contributed by atoms with Crippen molar-refractivity contribution >= 4 is 29.8 Å². The topological polar surface area (TPSA) is 149 Å². The molecule has 2 rings (SSSR count). The molecule has 2 aromatic rings. The van der Waals surface area contributed by atoms with Gasteiger partial charge in [-0.1, -0.05) is 54.6 Å². The normalized spacial score (nSPS) is 12.0. The van der Waals surface area contributed by atoms with E-state index in [9.17, 15) is 24.0 Å². The molecular formula is C38H55N3O8. The van der Waals surface area contributed by atoms with E-state index < -0.39 is 41.3 Å². The first kappa shape index (κ1) is 40.8. The number of rotatable bonds is 18. The minimum atomic E-state index is -0.826. The molecule has 3 N–H and O–H groups in total. The first-order valence-corrected chi connectivity index (χ1v) is 17.2. The largest absolute Gasteiger partial charge is 0.444 e. The second kappa shape index (κ2) is 20.8. The molecular weight excluding hydrogens is 626 g/mol. The van der Waals surface area contributed by atoms with E-state index in [2.05, 4.69) is 40.4 Å². The Kier molecular flexibility index (Phi) is 17.3. The molecule has 0 unspecified atom stereocenters. The van der Waals surface area contributed by atoms with Crippen molar-refractivity contribution in [1.82, 2.24) is 16.1 Å². The first-order chi connectivity index (χ1) is 23.1. The number of amides is 3. The Hall–Kier alpha value is -4.41. The van der Waals surface area contributed by atoms with Gasteiger partial charge in [-0.2, -0.15) is 5.48 Å². The number of Topliss-reactive ketones (excluding diaryl/α,β-unsaturated/α-hetero) is 1. The van der Waals surface area contributed by atoms with E-state index >= 15 is 0 Å². The maximum absolute atomic E-state index is 13.0. The molecule has 0 bridgehead atoms. The third-order valence-corrected chi connectivity index (χ3v) is 7.16. The number of ketones is 1. The molecule has 1 atom stereocenters. The van der Waals surface area contributed by atoms with Crippen LogP contribution < -0.4 is 16.1 Å². The zero-order valence-electron chi connectivity index (χ0n) is 30.0. The summed E-state index contributed by atoms with van der Waals surface area (Å²) in [6.45, 7) is 10.8. The quantitative estimate of drug-likeness (QED) is 0.0895. The van der Waals surface area contributed by atoms with Crippen LogP contribution in [-0.2, 0) is 48.0 Å². The number of carbonyl (C=O) groups is 5. The Bertz CT molecular complexity index is 1330. The summed E-state index contributed by atoms with van der Waals surface area (Å²) < 4.78 is 10.5. The molecule has 0 radical (unpaired) electrons. The number of ether oxygens (including phenoxy) is 2. The second-order valence-corrected chi connectivity index (χ2v) is 14.1. The van der Waals surface area contributed by atoms with Crippen molar-refractivity contribution in [2.24, 2.45) is 0 Å². The smallest absolute Gasteiger partial charge is 0.408 e. The molecule has 0 heterocycles. The van der Waals surface area contributed by atoms with Crippen molar-refractivity contribution in [2.45, 2.75) is 129 Å². The summed E-state index contributed by atoms with van der Waals surface area (Å²) in [5, 5.41) is 5.30. The van der Waals surface area contributed by atoms with Gasteiger partial charge in [0, 0.05) is 19.4 Å². The van der Waals surface area contributed by atoms with E-state index in [1.807, 2.05) is 30.3 Å². The van der Waals surface area contributed by atoms with Crippen LogP contribution in [0.25, 0.3) is 0 Å². The molecule has 0 spiro atoms. The van der Waals surface area contributed by atoms with Crippen molar-refractivity contribution in [3.05, 3.63) is 71.3 Å². The fraction of sp³-hybridized carbons (Fsp3) is 0.553. The maximum atomic E-state index is 13.0. The summed E-state index contributed by atoms with van der Waals surface area (Å²) >= 11 is 0. The number of benzene rings is 2. The molecule has 0 aliphatic carbocycles. The highest BCUT2D eigenvalue weighted by Crippen LogP contribution is 2.13. The lowest BCUT2D eigenvalue weighted by molar-refractivity contribution is -0.158. The van der Waals surface area contributed by atoms with Gasteiger partial charge >= 0.3 is 18.2 Å². The lowest BCUT2D eigenvalue weighted by Gasteiger charge is -2.23. The van der Waals surface area contributed by atoms with Gasteiger partial charge in [0.15, 0.2) is 5.78 Å². The summed E-state index contributed by atoms with van der Waals surface area (Å²) in [6.07, 6.45) is 4.53. The lowest BCUT2D eigenvalue weighted by Crippen LogP contribution is -2.43. The highest BCUT2D eigenvalue weighted by atomic mass is 16.7. The standard InChI is InChI=1S/C38H55N3O8/c1-37(2,3)47-35(45)39-26-13-12-19-31(40-36(46)48-38(4,5)6)32(42)20-14-21-34(44)49-41-33(43)27-30-24-22-29(23-25-30)18-11-10-17-28-15-8-7-9-16-28/h7-9,15-16,22-25,31H,10-14,17-21,26-27H2,1-6H3,(H,39,45)(H,40,46)(H,41,43)/t31-/m0/s1. The first-order valence-electron chi connectivity index (χ1n) is 17.2. The minimum Gasteiger partial charge on any atom is -0.444 e. The van der Waals surface area contributed by atoms with E-state index in [0.29, 0.717) is 25.8 Å². The van der Waals surface area contributed by atoms with Crippen molar-refractivity contribution in [2.75, 3.05) is 6.54 Å². The van der Waals surface area contributed by atoms with E-state index in [-0.39, 0.29) is 31.5 Å². The average molecular weight is 682 g/mol. The van der Waals surface area contributed by atoms with Crippen LogP contribution in [0.15, 0.2) is 54.6 Å². The van der Waals surface area contributed by atoms with Crippen LogP contribution in [-0.4, -0.2) is 53.6 Å². The van der Waals surface area contributed by atoms with Crippen LogP contribution >= 0.6 is 0 Å². The number of hydrogen-bond acceptors (Lipinski definition) is 8. The molecule has 0 saturated heterocycles. The Morgan fingerprint density at radius 2 is 1.22 bits per heavy atom. The average Bonchev–Trinajstić information content (AvgIpc) is 3.01. The highest BCUT2D eigenvalue weighted by molar-refractivity contribution is 5.87. The zero-order chi connectivity index (χ0) is 36.3. The van der Waals surface area contributed by atoms with E-state index in [1.54, 1.807) is 41.5 Å². The molecule has 2 aromatic carbocycles. The van der Waals surface area contributed by atoms with Crippen LogP contribution in [0.4, 0.5) is 9.59 Å². The predicted octanol–water partition coefficient (Wildman–Crippen LogP) is 6.70. The molecule has 270 valence electrons. The van der Waals surface area contributed by atoms with Gasteiger partial charge in [-0.3, -0.25) is 9.59 Å². The van der Waals surface area contributed by atoms with Gasteiger partial charge in [0.2, 0.25) is 0 Å². The van der Waals surface area contributed by atoms with Crippen molar-refractivity contribution in [3.63, 3.8) is 0 Å². The summed E-state index contributed by atoms with van der Waals surface area (Å²) in [5.74, 6) is -1.39. The number of alkyl carbamates (subject to hydrolysis) is 2. The molecule has 0 aliphatic heterocycles. The van der Waals surface area contributed by atoms with Crippen LogP contribution in [0.2, 0.25) is 0 Å². The SMILES string of the molecule is CC(C)(C)OC(=O)NCCCC[C@H](NC(=O)OC(C)(C)C)C(=O)CCCC(=O)ONC(=O)Cc1ccc(CCCCc2ccccc2)cc1. The van der Waals surface area contributed by atoms with E-state index in [1.165, 1.54) is 11.1 Å². The fourth-order valence-corrected chi connectivity index (χ4v) is 4.84. The van der Waals surface area contributed by atoms with Gasteiger partial charge in [-0.05, 0) is 110 Å². The van der Waals surface area contributed by atoms with Gasteiger partial charge in [0.05, 0.1) is 12.5 Å². The molecule has 0 saturated carbocycles. The third-order valence-electron chi connectivity index (χ3n) is 7.16. The van der Waals surface area contributed by atoms with Gasteiger partial charge in [0.25, 0.3) is 5.91 Å². The summed E-state index contributed by atoms with van der Waals surface area (Å²) in [7, 11) is 0. The number of hydroxylamine groups is 1. The molecule has 0 aliphatic rings. The molecule has 11 heteroatoms. The number of hydrogen-bond donors (Lipinski definition) is 3. The van der Waals surface area contributed by atoms with Gasteiger partial charge in [0.1, 0.15) is 11.2 Å². The molecule has 0 fully saturated rings. The Morgan fingerprint density at radius 1 is 0.653 bits per heavy atom. The van der Waals surface area contributed by atoms with Gasteiger partial charge in [-0.25, -0.2) is 14.4 Å². The Morgan fingerprint density at radius 3 is 1.84 bits per heavy atom. The molecule has 0 aromatic heterocycles. The van der Waals surface area contributed by atoms with Crippen LogP contribution in [0.1, 0.15) is 110 Å². The van der Waals surface area contributed by atoms with Crippen LogP contribution in [0, 0.1) is 0 Å². The number of carbonyl (C=O) groups excluding carboxylic acids is 5. The van der Waals surface area contributed by atoms with Gasteiger partial charge < -0.3 is 24.9 Å². The van der Waals surface area contributed by atoms with Crippen LogP contribution in [0.5, 0.6) is 0 Å². The molecule has 3 amide bonds. The number of nitrogens with one attached hydrogen (secondary N) is 3. The lowest BCUT2D eigenvalue weighted by atomic mass is 10.0. The maximum Gasteiger partial charge on any atom is 0.408 e. The molecule has 49 heavy (non-hydrogen) atoms. The summed E-state index contributed by atoms with van der Waals surface area (Å²) in [5.41, 5.74) is 4.19. The van der Waals surface area contributed by atoms with Crippen LogP contribution in [0.3, 0.4) is 0 Å². The minimum absolute atomic E-state index is 0.0122. The second-order valence-electron chi connectivity index (χ2n) is 14.1. The van der Waals surface area contributed by atoms with Crippen molar-refractivity contribution < 1.29 is 38.3 Å². The summed E-state index contributed by atoms with van der Waals surface area (Å²) in [6, 6.07) is 17.4. The summed E-state index contributed by atoms with van der Waals surface area (Å²) in [4.78, 5) is 66.7. The van der Waals surface area contributed by atoms with Crippen molar-refractivity contribution in [1.29, 1.82) is 0 Å². The Balaban J connectivity index is 1.70. The van der Waals surface area contributed by atoms with Gasteiger partial charge in [-0.15, -0.1) is 0 Å². The zero-order valence-corrected chi connectivity index (χ0v) is 30.0. The number of unbranched alkanes of at least 4 members (excludes halogenated alkanes) is 2. The Labute approximate surface area is 291 Å². The molecule has 11 nitrogen and oxygen atoms in total. The predicted molar refractivity (Wildman–Crippen MR) is 188 cm³/mol. The van der Waals surface area contributed by atoms with E-state index in [4.69, 9.17) is 14.3 Å². The third kappa shape index (κ3) is 19.9. The fourth-order valence-electron chi connectivity index (χ4n) is 4.84. The highest BCUT2D eigenvalue weighted by Gasteiger charge is 2.24. The van der Waals surface area contributed by atoms with E-state index in [0.717, 1.165) is 31.2 Å². The number of aryl methyl sites for hydroxylation is 2. The van der Waals surface area contributed by atoms with Crippen molar-refractivity contribution in [3.8, 4) is 0 Å².